The van der Waals surface area contributed by atoms with Crippen LogP contribution in [0.4, 0.5) is 5.69 Å². The molecule has 0 aromatic heterocycles. The van der Waals surface area contributed by atoms with E-state index in [4.69, 9.17) is 11.0 Å². The highest BCUT2D eigenvalue weighted by Gasteiger charge is 2.25. The van der Waals surface area contributed by atoms with Gasteiger partial charge in [0.15, 0.2) is 0 Å². The van der Waals surface area contributed by atoms with Crippen LogP contribution >= 0.6 is 0 Å². The topological polar surface area (TPSA) is 82.1 Å². The van der Waals surface area contributed by atoms with E-state index < -0.39 is 0 Å². The molecule has 1 fully saturated rings. The summed E-state index contributed by atoms with van der Waals surface area (Å²) < 4.78 is 0. The van der Waals surface area contributed by atoms with Gasteiger partial charge in [-0.2, -0.15) is 5.26 Å². The molecule has 0 radical (unpaired) electrons. The van der Waals surface area contributed by atoms with Crippen LogP contribution in [0.15, 0.2) is 18.2 Å². The van der Waals surface area contributed by atoms with Gasteiger partial charge in [-0.15, -0.1) is 0 Å². The number of aliphatic hydroxyl groups is 1. The second kappa shape index (κ2) is 4.52. The first-order valence-electron chi connectivity index (χ1n) is 5.41. The van der Waals surface area contributed by atoms with Crippen LogP contribution in [0.2, 0.25) is 0 Å². The Balaban J connectivity index is 2.20. The van der Waals surface area contributed by atoms with Crippen LogP contribution < -0.4 is 11.1 Å². The smallest absolute Gasteiger partial charge is 0.101 e. The number of rotatable bonds is 4. The Morgan fingerprint density at radius 1 is 1.56 bits per heavy atom. The minimum Gasteiger partial charge on any atom is -0.398 e. The third kappa shape index (κ3) is 2.32. The third-order valence-corrected chi connectivity index (χ3v) is 2.80. The molecule has 1 aliphatic rings. The van der Waals surface area contributed by atoms with Crippen LogP contribution in [0.3, 0.4) is 0 Å². The average Bonchev–Trinajstić information content (AvgIpc) is 3.11. The van der Waals surface area contributed by atoms with Crippen molar-refractivity contribution in [2.24, 2.45) is 0 Å². The molecule has 1 aromatic rings. The molecule has 2 rings (SSSR count). The van der Waals surface area contributed by atoms with Crippen LogP contribution in [0.25, 0.3) is 0 Å². The fraction of sp³-hybridized carbons (Fsp3) is 0.417. The zero-order chi connectivity index (χ0) is 11.5. The zero-order valence-electron chi connectivity index (χ0n) is 8.98. The largest absolute Gasteiger partial charge is 0.398 e. The van der Waals surface area contributed by atoms with Crippen LogP contribution in [0, 0.1) is 11.3 Å². The van der Waals surface area contributed by atoms with E-state index in [1.165, 1.54) is 0 Å². The molecule has 0 amide bonds. The van der Waals surface area contributed by atoms with Crippen molar-refractivity contribution in [1.29, 1.82) is 5.26 Å². The molecule has 84 valence electrons. The number of nitrogens with zero attached hydrogens (tertiary/aromatic N) is 1. The number of nitrogens with one attached hydrogen (secondary N) is 1. The van der Waals surface area contributed by atoms with E-state index in [2.05, 4.69) is 5.32 Å². The molecule has 16 heavy (non-hydrogen) atoms. The summed E-state index contributed by atoms with van der Waals surface area (Å²) in [4.78, 5) is 0. The number of nitrogens with two attached hydrogens (primary N) is 1. The van der Waals surface area contributed by atoms with Gasteiger partial charge in [0, 0.05) is 11.7 Å². The molecule has 0 bridgehead atoms. The van der Waals surface area contributed by atoms with Gasteiger partial charge in [0.1, 0.15) is 6.07 Å². The van der Waals surface area contributed by atoms with E-state index in [0.29, 0.717) is 17.3 Å². The summed E-state index contributed by atoms with van der Waals surface area (Å²) in [5.74, 6) is 0. The summed E-state index contributed by atoms with van der Waals surface area (Å²) in [6.07, 6.45) is 2.33. The number of aliphatic hydroxyl groups excluding tert-OH is 1. The maximum absolute atomic E-state index is 9.31. The zero-order valence-corrected chi connectivity index (χ0v) is 8.98. The number of nitrogen functional groups attached to an aromatic ring is 1. The number of hydrogen-bond acceptors (Lipinski definition) is 4. The molecule has 1 aliphatic carbocycles. The highest BCUT2D eigenvalue weighted by molar-refractivity contribution is 5.55. The Hall–Kier alpha value is -1.57. The summed E-state index contributed by atoms with van der Waals surface area (Å²) >= 11 is 0. The summed E-state index contributed by atoms with van der Waals surface area (Å²) in [6, 6.07) is 7.77. The second-order valence-corrected chi connectivity index (χ2v) is 4.13. The quantitative estimate of drug-likeness (QED) is 0.655. The Morgan fingerprint density at radius 3 is 2.88 bits per heavy atom. The lowest BCUT2D eigenvalue weighted by atomic mass is 10.0. The highest BCUT2D eigenvalue weighted by Crippen LogP contribution is 2.25. The molecule has 0 spiro atoms. The fourth-order valence-electron chi connectivity index (χ4n) is 1.68. The SMILES string of the molecule is N#Cc1cc(C(CO)NC2CC2)ccc1N. The molecule has 1 aromatic carbocycles. The lowest BCUT2D eigenvalue weighted by Gasteiger charge is -2.16. The van der Waals surface area contributed by atoms with Gasteiger partial charge in [-0.25, -0.2) is 0 Å². The molecule has 4 N–H and O–H groups in total. The van der Waals surface area contributed by atoms with Crippen molar-refractivity contribution >= 4 is 5.69 Å². The van der Waals surface area contributed by atoms with Crippen LogP contribution in [0.1, 0.15) is 30.0 Å². The molecule has 0 aliphatic heterocycles. The summed E-state index contributed by atoms with van der Waals surface area (Å²) in [5, 5.41) is 21.5. The molecular formula is C12H15N3O. The summed E-state index contributed by atoms with van der Waals surface area (Å²) in [7, 11) is 0. The lowest BCUT2D eigenvalue weighted by molar-refractivity contribution is 0.243. The van der Waals surface area contributed by atoms with Crippen molar-refractivity contribution in [3.63, 3.8) is 0 Å². The normalized spacial score (nSPS) is 16.8. The van der Waals surface area contributed by atoms with E-state index in [9.17, 15) is 5.11 Å². The standard InChI is InChI=1S/C12H15N3O/c13-6-9-5-8(1-4-11(9)14)12(7-16)15-10-2-3-10/h1,4-5,10,12,15-16H,2-3,7,14H2. The van der Waals surface area contributed by atoms with Gasteiger partial charge in [-0.3, -0.25) is 0 Å². The predicted octanol–water partition coefficient (Wildman–Crippen LogP) is 0.926. The van der Waals surface area contributed by atoms with Crippen molar-refractivity contribution in [3.8, 4) is 6.07 Å². The monoisotopic (exact) mass is 217 g/mol. The Bertz CT molecular complexity index is 421. The first kappa shape index (κ1) is 10.9. The van der Waals surface area contributed by atoms with Gasteiger partial charge in [0.2, 0.25) is 0 Å². The minimum atomic E-state index is -0.0970. The van der Waals surface area contributed by atoms with Crippen molar-refractivity contribution in [1.82, 2.24) is 5.32 Å². The molecule has 1 atom stereocenters. The van der Waals surface area contributed by atoms with Crippen LogP contribution in [-0.2, 0) is 0 Å². The Kier molecular flexibility index (Phi) is 3.09. The number of anilines is 1. The van der Waals surface area contributed by atoms with Gasteiger partial charge in [0.25, 0.3) is 0 Å². The average molecular weight is 217 g/mol. The molecule has 4 heteroatoms. The summed E-state index contributed by atoms with van der Waals surface area (Å²) in [6.45, 7) is 0.0330. The first-order chi connectivity index (χ1) is 7.74. The molecule has 0 heterocycles. The highest BCUT2D eigenvalue weighted by atomic mass is 16.3. The van der Waals surface area contributed by atoms with Crippen LogP contribution in [0.5, 0.6) is 0 Å². The van der Waals surface area contributed by atoms with E-state index in [-0.39, 0.29) is 12.6 Å². The van der Waals surface area contributed by atoms with Gasteiger partial charge < -0.3 is 16.2 Å². The van der Waals surface area contributed by atoms with Crippen molar-refractivity contribution in [3.05, 3.63) is 29.3 Å². The Morgan fingerprint density at radius 2 is 2.31 bits per heavy atom. The predicted molar refractivity (Wildman–Crippen MR) is 61.6 cm³/mol. The lowest BCUT2D eigenvalue weighted by Crippen LogP contribution is -2.26. The maximum Gasteiger partial charge on any atom is 0.101 e. The van der Waals surface area contributed by atoms with Gasteiger partial charge >= 0.3 is 0 Å². The van der Waals surface area contributed by atoms with Gasteiger partial charge in [-0.1, -0.05) is 6.07 Å². The van der Waals surface area contributed by atoms with Crippen molar-refractivity contribution in [2.45, 2.75) is 24.9 Å². The third-order valence-electron chi connectivity index (χ3n) is 2.80. The van der Waals surface area contributed by atoms with Crippen LogP contribution in [-0.4, -0.2) is 17.8 Å². The van der Waals surface area contributed by atoms with E-state index in [1.54, 1.807) is 12.1 Å². The van der Waals surface area contributed by atoms with Crippen molar-refractivity contribution < 1.29 is 5.11 Å². The molecule has 0 saturated heterocycles. The van der Waals surface area contributed by atoms with Crippen molar-refractivity contribution in [2.75, 3.05) is 12.3 Å². The molecule has 1 saturated carbocycles. The maximum atomic E-state index is 9.31. The summed E-state index contributed by atoms with van der Waals surface area (Å²) in [5.41, 5.74) is 7.51. The van der Waals surface area contributed by atoms with E-state index >= 15 is 0 Å². The molecule has 1 unspecified atom stereocenters. The minimum absolute atomic E-state index is 0.0330. The van der Waals surface area contributed by atoms with E-state index in [0.717, 1.165) is 18.4 Å². The molecular weight excluding hydrogens is 202 g/mol. The fourth-order valence-corrected chi connectivity index (χ4v) is 1.68. The van der Waals surface area contributed by atoms with Gasteiger partial charge in [-0.05, 0) is 30.5 Å². The second-order valence-electron chi connectivity index (χ2n) is 4.13. The number of nitriles is 1. The van der Waals surface area contributed by atoms with Gasteiger partial charge in [0.05, 0.1) is 18.2 Å². The Labute approximate surface area is 94.7 Å². The number of hydrogen-bond donors (Lipinski definition) is 3. The molecule has 4 nitrogen and oxygen atoms in total. The van der Waals surface area contributed by atoms with E-state index in [1.807, 2.05) is 12.1 Å². The number of benzene rings is 1. The first-order valence-corrected chi connectivity index (χ1v) is 5.41.